The van der Waals surface area contributed by atoms with Gasteiger partial charge in [0.25, 0.3) is 0 Å². The molecule has 0 aromatic rings. The van der Waals surface area contributed by atoms with Crippen molar-refractivity contribution in [2.75, 3.05) is 0 Å². The Balaban J connectivity index is 3.61. The average Bonchev–Trinajstić information content (AvgIpc) is 1.98. The van der Waals surface area contributed by atoms with Gasteiger partial charge in [-0.1, -0.05) is 6.92 Å². The van der Waals surface area contributed by atoms with Crippen LogP contribution in [0.3, 0.4) is 0 Å². The van der Waals surface area contributed by atoms with Gasteiger partial charge in [-0.25, -0.2) is 0 Å². The van der Waals surface area contributed by atoms with E-state index in [2.05, 4.69) is 0 Å². The first kappa shape index (κ1) is 11.4. The Kier molecular flexibility index (Phi) is 4.85. The molecular weight excluding hydrogens is 156 g/mol. The number of carbonyl (C=O) groups is 1. The zero-order valence-corrected chi connectivity index (χ0v) is 7.66. The van der Waals surface area contributed by atoms with Gasteiger partial charge in [0.2, 0.25) is 0 Å². The molecule has 0 bridgehead atoms. The fourth-order valence-corrected chi connectivity index (χ4v) is 0.829. The minimum Gasteiger partial charge on any atom is -0.481 e. The van der Waals surface area contributed by atoms with Crippen molar-refractivity contribution in [2.45, 2.75) is 38.8 Å². The molecule has 3 unspecified atom stereocenters. The smallest absolute Gasteiger partial charge is 0.306 e. The topological polar surface area (TPSA) is 89.3 Å². The summed E-state index contributed by atoms with van der Waals surface area (Å²) in [4.78, 5) is 10.4. The largest absolute Gasteiger partial charge is 0.481 e. The molecule has 0 aliphatic carbocycles. The highest BCUT2D eigenvalue weighted by atomic mass is 16.4. The second-order valence-electron chi connectivity index (χ2n) is 3.34. The number of rotatable bonds is 5. The summed E-state index contributed by atoms with van der Waals surface area (Å²) in [6.45, 7) is 3.51. The van der Waals surface area contributed by atoms with Crippen LogP contribution in [-0.4, -0.2) is 23.2 Å². The van der Waals surface area contributed by atoms with Gasteiger partial charge in [0.05, 0.1) is 5.92 Å². The van der Waals surface area contributed by atoms with E-state index >= 15 is 0 Å². The molecule has 3 atom stereocenters. The number of nitrogens with two attached hydrogens (primary N) is 2. The zero-order valence-electron chi connectivity index (χ0n) is 7.66. The Morgan fingerprint density at radius 2 is 1.83 bits per heavy atom. The summed E-state index contributed by atoms with van der Waals surface area (Å²) in [7, 11) is 0. The van der Waals surface area contributed by atoms with Gasteiger partial charge in [-0.15, -0.1) is 0 Å². The lowest BCUT2D eigenvalue weighted by atomic mass is 9.99. The highest BCUT2D eigenvalue weighted by Crippen LogP contribution is 2.08. The van der Waals surface area contributed by atoms with E-state index in [9.17, 15) is 4.79 Å². The van der Waals surface area contributed by atoms with Gasteiger partial charge in [-0.05, 0) is 19.8 Å². The van der Waals surface area contributed by atoms with Gasteiger partial charge in [0.15, 0.2) is 0 Å². The lowest BCUT2D eigenvalue weighted by Crippen LogP contribution is -2.39. The van der Waals surface area contributed by atoms with E-state index in [1.54, 1.807) is 6.92 Å². The molecule has 0 aliphatic heterocycles. The second-order valence-corrected chi connectivity index (χ2v) is 3.34. The van der Waals surface area contributed by atoms with Crippen LogP contribution in [0, 0.1) is 5.92 Å². The van der Waals surface area contributed by atoms with Gasteiger partial charge in [0, 0.05) is 12.1 Å². The Labute approximate surface area is 72.9 Å². The van der Waals surface area contributed by atoms with Crippen LogP contribution in [-0.2, 0) is 4.79 Å². The van der Waals surface area contributed by atoms with E-state index in [-0.39, 0.29) is 18.0 Å². The summed E-state index contributed by atoms with van der Waals surface area (Å²) in [6, 6.07) is -0.155. The van der Waals surface area contributed by atoms with Crippen LogP contribution < -0.4 is 11.5 Å². The molecule has 0 saturated carbocycles. The van der Waals surface area contributed by atoms with Gasteiger partial charge in [-0.3, -0.25) is 4.79 Å². The van der Waals surface area contributed by atoms with Gasteiger partial charge in [0.1, 0.15) is 0 Å². The van der Waals surface area contributed by atoms with Crippen LogP contribution in [0.1, 0.15) is 26.7 Å². The van der Waals surface area contributed by atoms with Crippen molar-refractivity contribution in [3.8, 4) is 0 Å². The van der Waals surface area contributed by atoms with Crippen molar-refractivity contribution in [1.29, 1.82) is 0 Å². The predicted octanol–water partition coefficient (Wildman–Crippen LogP) is 0.162. The monoisotopic (exact) mass is 174 g/mol. The normalized spacial score (nSPS) is 18.3. The third kappa shape index (κ3) is 4.31. The first-order valence-corrected chi connectivity index (χ1v) is 4.19. The van der Waals surface area contributed by atoms with Crippen molar-refractivity contribution in [1.82, 2.24) is 0 Å². The molecule has 0 saturated heterocycles. The summed E-state index contributed by atoms with van der Waals surface area (Å²) in [6.07, 6.45) is 1.27. The van der Waals surface area contributed by atoms with E-state index in [1.807, 2.05) is 6.92 Å². The molecule has 72 valence electrons. The van der Waals surface area contributed by atoms with Crippen molar-refractivity contribution in [3.63, 3.8) is 0 Å². The lowest BCUT2D eigenvalue weighted by molar-refractivity contribution is -0.141. The maximum absolute atomic E-state index is 10.4. The highest BCUT2D eigenvalue weighted by Gasteiger charge is 2.14. The number of carboxylic acids is 1. The molecule has 0 fully saturated rings. The summed E-state index contributed by atoms with van der Waals surface area (Å²) in [5.74, 6) is -1.10. The first-order valence-electron chi connectivity index (χ1n) is 4.19. The summed E-state index contributed by atoms with van der Waals surface area (Å²) in [5, 5.41) is 8.56. The second kappa shape index (κ2) is 5.11. The summed E-state index contributed by atoms with van der Waals surface area (Å²) in [5.41, 5.74) is 11.2. The molecule has 0 rings (SSSR count). The molecule has 0 heterocycles. The van der Waals surface area contributed by atoms with Gasteiger partial charge >= 0.3 is 5.97 Å². The van der Waals surface area contributed by atoms with Crippen LogP contribution in [0.4, 0.5) is 0 Å². The number of carboxylic acid groups (broad SMARTS) is 1. The van der Waals surface area contributed by atoms with E-state index in [0.29, 0.717) is 12.8 Å². The molecule has 0 aliphatic rings. The Morgan fingerprint density at radius 3 is 2.17 bits per heavy atom. The minimum atomic E-state index is -0.771. The molecule has 0 aromatic heterocycles. The number of aliphatic carboxylic acids is 1. The van der Waals surface area contributed by atoms with E-state index in [1.165, 1.54) is 0 Å². The fourth-order valence-electron chi connectivity index (χ4n) is 0.829. The lowest BCUT2D eigenvalue weighted by Gasteiger charge is -2.16. The molecular formula is C8H18N2O2. The van der Waals surface area contributed by atoms with Gasteiger partial charge < -0.3 is 16.6 Å². The Bertz CT molecular complexity index is 148. The number of hydrogen-bond donors (Lipinski definition) is 3. The van der Waals surface area contributed by atoms with E-state index in [0.717, 1.165) is 0 Å². The highest BCUT2D eigenvalue weighted by molar-refractivity contribution is 5.69. The molecule has 12 heavy (non-hydrogen) atoms. The molecule has 5 N–H and O–H groups in total. The first-order chi connectivity index (χ1) is 5.45. The quantitative estimate of drug-likeness (QED) is 0.554. The van der Waals surface area contributed by atoms with Gasteiger partial charge in [-0.2, -0.15) is 0 Å². The third-order valence-electron chi connectivity index (χ3n) is 2.03. The Morgan fingerprint density at radius 1 is 1.33 bits per heavy atom. The maximum Gasteiger partial charge on any atom is 0.306 e. The molecule has 0 radical (unpaired) electrons. The number of hydrogen-bond acceptors (Lipinski definition) is 3. The molecule has 0 spiro atoms. The fraction of sp³-hybridized carbons (Fsp3) is 0.875. The standard InChI is InChI=1S/C8H18N2O2/c1-5(8(11)12)3-4-7(10)6(2)9/h5-7H,3-4,9-10H2,1-2H3,(H,11,12). The molecule has 4 heteroatoms. The van der Waals surface area contributed by atoms with Crippen LogP contribution in [0.25, 0.3) is 0 Å². The van der Waals surface area contributed by atoms with Crippen LogP contribution in [0.2, 0.25) is 0 Å². The van der Waals surface area contributed by atoms with Crippen molar-refractivity contribution in [3.05, 3.63) is 0 Å². The molecule has 4 nitrogen and oxygen atoms in total. The van der Waals surface area contributed by atoms with Crippen LogP contribution in [0.15, 0.2) is 0 Å². The van der Waals surface area contributed by atoms with E-state index < -0.39 is 5.97 Å². The summed E-state index contributed by atoms with van der Waals surface area (Å²) >= 11 is 0. The van der Waals surface area contributed by atoms with Crippen molar-refractivity contribution < 1.29 is 9.90 Å². The Hall–Kier alpha value is -0.610. The van der Waals surface area contributed by atoms with Crippen molar-refractivity contribution >= 4 is 5.97 Å². The predicted molar refractivity (Wildman–Crippen MR) is 47.7 cm³/mol. The maximum atomic E-state index is 10.4. The van der Waals surface area contributed by atoms with Crippen LogP contribution in [0.5, 0.6) is 0 Å². The molecule has 0 amide bonds. The minimum absolute atomic E-state index is 0.0639. The summed E-state index contributed by atoms with van der Waals surface area (Å²) < 4.78 is 0. The average molecular weight is 174 g/mol. The molecule has 0 aromatic carbocycles. The zero-order chi connectivity index (χ0) is 9.72. The van der Waals surface area contributed by atoms with Crippen molar-refractivity contribution in [2.24, 2.45) is 17.4 Å². The van der Waals surface area contributed by atoms with Crippen LogP contribution >= 0.6 is 0 Å². The SMILES string of the molecule is CC(CCC(N)C(C)N)C(=O)O. The van der Waals surface area contributed by atoms with E-state index in [4.69, 9.17) is 16.6 Å². The third-order valence-corrected chi connectivity index (χ3v) is 2.03.